The molecule has 0 aliphatic rings. The molecule has 0 atom stereocenters. The zero-order valence-electron chi connectivity index (χ0n) is 19.4. The van der Waals surface area contributed by atoms with Gasteiger partial charge >= 0.3 is 0 Å². The second-order valence-electron chi connectivity index (χ2n) is 7.58. The molecule has 186 valence electrons. The molecule has 0 aliphatic carbocycles. The molecule has 0 spiro atoms. The van der Waals surface area contributed by atoms with E-state index in [1.54, 1.807) is 12.1 Å². The summed E-state index contributed by atoms with van der Waals surface area (Å²) in [4.78, 5) is 30.6. The summed E-state index contributed by atoms with van der Waals surface area (Å²) in [5.41, 5.74) is 2.27. The molecule has 4 rings (SSSR count). The number of hydrogen-bond donors (Lipinski definition) is 2. The number of rotatable bonds is 9. The van der Waals surface area contributed by atoms with E-state index < -0.39 is 0 Å². The van der Waals surface area contributed by atoms with E-state index >= 15 is 0 Å². The van der Waals surface area contributed by atoms with Crippen LogP contribution < -0.4 is 10.6 Å². The molecule has 0 radical (unpaired) electrons. The molecule has 0 unspecified atom stereocenters. The molecule has 0 saturated carbocycles. The molecule has 2 aromatic heterocycles. The number of benzene rings is 2. The van der Waals surface area contributed by atoms with Crippen molar-refractivity contribution in [3.8, 4) is 11.3 Å². The average Bonchev–Trinajstić information content (AvgIpc) is 3.45. The Morgan fingerprint density at radius 2 is 1.86 bits per heavy atom. The van der Waals surface area contributed by atoms with Gasteiger partial charge in [-0.25, -0.2) is 4.98 Å². The Bertz CT molecular complexity index is 1390. The number of nitrogens with zero attached hydrogens (tertiary/aromatic N) is 4. The molecular weight excluding hydrogens is 539 g/mol. The lowest BCUT2D eigenvalue weighted by Gasteiger charge is -2.09. The maximum absolute atomic E-state index is 12.6. The molecule has 2 N–H and O–H groups in total. The van der Waals surface area contributed by atoms with Crippen LogP contribution in [0.2, 0.25) is 10.0 Å². The Labute approximate surface area is 226 Å². The Morgan fingerprint density at radius 1 is 1.08 bits per heavy atom. The third-order valence-corrected chi connectivity index (χ3v) is 7.71. The third-order valence-electron chi connectivity index (χ3n) is 5.12. The number of thioether (sulfide) groups is 1. The van der Waals surface area contributed by atoms with Crippen LogP contribution in [0.1, 0.15) is 28.0 Å². The van der Waals surface area contributed by atoms with E-state index in [1.807, 2.05) is 48.7 Å². The molecule has 0 saturated heterocycles. The standard InChI is InChI=1S/C24H22Cl2N6O2S2/c1-3-32-19(12-27-22(34)16-9-10-17(25)18(26)11-16)30-31-24(32)35-13-20(33)28-23-29-21(14(2)36-23)15-7-5-4-6-8-15/h4-11H,3,12-13H2,1-2H3,(H,27,34)(H,28,29,33). The fourth-order valence-electron chi connectivity index (χ4n) is 3.37. The number of carbonyl (C=O) groups is 2. The van der Waals surface area contributed by atoms with Crippen molar-refractivity contribution in [2.24, 2.45) is 0 Å². The SMILES string of the molecule is CCn1c(CNC(=O)c2ccc(Cl)c(Cl)c2)nnc1SCC(=O)Nc1nc(-c2ccccc2)c(C)s1. The van der Waals surface area contributed by atoms with Crippen LogP contribution in [0.3, 0.4) is 0 Å². The quantitative estimate of drug-likeness (QED) is 0.255. The highest BCUT2D eigenvalue weighted by Gasteiger charge is 2.16. The van der Waals surface area contributed by atoms with E-state index in [0.29, 0.717) is 38.3 Å². The van der Waals surface area contributed by atoms with Crippen LogP contribution in [0.4, 0.5) is 5.13 Å². The second kappa shape index (κ2) is 11.9. The number of thiazole rings is 1. The molecule has 0 fully saturated rings. The largest absolute Gasteiger partial charge is 0.345 e. The van der Waals surface area contributed by atoms with Gasteiger partial charge in [0.15, 0.2) is 16.1 Å². The lowest BCUT2D eigenvalue weighted by Crippen LogP contribution is -2.24. The van der Waals surface area contributed by atoms with Crippen molar-refractivity contribution in [2.45, 2.75) is 32.1 Å². The highest BCUT2D eigenvalue weighted by atomic mass is 35.5. The predicted octanol–water partition coefficient (Wildman–Crippen LogP) is 5.70. The number of aryl methyl sites for hydroxylation is 1. The third kappa shape index (κ3) is 6.25. The minimum Gasteiger partial charge on any atom is -0.345 e. The number of amides is 2. The van der Waals surface area contributed by atoms with Crippen molar-refractivity contribution in [1.82, 2.24) is 25.1 Å². The molecule has 0 aliphatic heterocycles. The number of aromatic nitrogens is 4. The smallest absolute Gasteiger partial charge is 0.251 e. The molecule has 8 nitrogen and oxygen atoms in total. The minimum absolute atomic E-state index is 0.146. The molecule has 0 bridgehead atoms. The monoisotopic (exact) mass is 560 g/mol. The van der Waals surface area contributed by atoms with Gasteiger partial charge in [0.2, 0.25) is 5.91 Å². The summed E-state index contributed by atoms with van der Waals surface area (Å²) in [5, 5.41) is 15.9. The van der Waals surface area contributed by atoms with Gasteiger partial charge in [-0.2, -0.15) is 0 Å². The summed E-state index contributed by atoms with van der Waals surface area (Å²) in [6.45, 7) is 4.69. The van der Waals surface area contributed by atoms with Gasteiger partial charge in [0, 0.05) is 22.5 Å². The number of carbonyl (C=O) groups excluding carboxylic acids is 2. The van der Waals surface area contributed by atoms with E-state index in [2.05, 4.69) is 25.8 Å². The molecular formula is C24H22Cl2N6O2S2. The first-order chi connectivity index (χ1) is 17.4. The van der Waals surface area contributed by atoms with Crippen LogP contribution in [0.5, 0.6) is 0 Å². The van der Waals surface area contributed by atoms with Gasteiger partial charge in [0.1, 0.15) is 0 Å². The van der Waals surface area contributed by atoms with Crippen molar-refractivity contribution in [1.29, 1.82) is 0 Å². The van der Waals surface area contributed by atoms with Crippen LogP contribution in [-0.4, -0.2) is 37.3 Å². The Kier molecular flexibility index (Phi) is 8.63. The summed E-state index contributed by atoms with van der Waals surface area (Å²) in [5.74, 6) is 0.235. The highest BCUT2D eigenvalue weighted by molar-refractivity contribution is 7.99. The molecule has 12 heteroatoms. The van der Waals surface area contributed by atoms with Crippen LogP contribution in [-0.2, 0) is 17.9 Å². The molecule has 2 amide bonds. The fraction of sp³-hybridized carbons (Fsp3) is 0.208. The molecule has 2 heterocycles. The topological polar surface area (TPSA) is 102 Å². The van der Waals surface area contributed by atoms with Gasteiger partial charge < -0.3 is 15.2 Å². The van der Waals surface area contributed by atoms with E-state index in [4.69, 9.17) is 23.2 Å². The number of anilines is 1. The second-order valence-corrected chi connectivity index (χ2v) is 10.5. The van der Waals surface area contributed by atoms with E-state index in [0.717, 1.165) is 16.1 Å². The van der Waals surface area contributed by atoms with Gasteiger partial charge in [-0.1, -0.05) is 65.3 Å². The molecule has 36 heavy (non-hydrogen) atoms. The highest BCUT2D eigenvalue weighted by Crippen LogP contribution is 2.30. The van der Waals surface area contributed by atoms with E-state index in [1.165, 1.54) is 29.2 Å². The lowest BCUT2D eigenvalue weighted by atomic mass is 10.1. The first-order valence-electron chi connectivity index (χ1n) is 11.0. The zero-order valence-corrected chi connectivity index (χ0v) is 22.6. The summed E-state index contributed by atoms with van der Waals surface area (Å²) < 4.78 is 1.86. The first-order valence-corrected chi connectivity index (χ1v) is 13.5. The van der Waals surface area contributed by atoms with Crippen molar-refractivity contribution < 1.29 is 9.59 Å². The van der Waals surface area contributed by atoms with Gasteiger partial charge in [-0.3, -0.25) is 9.59 Å². The molecule has 2 aromatic carbocycles. The van der Waals surface area contributed by atoms with Crippen molar-refractivity contribution in [2.75, 3.05) is 11.1 Å². The van der Waals surface area contributed by atoms with Gasteiger partial charge in [-0.05, 0) is 32.0 Å². The predicted molar refractivity (Wildman–Crippen MR) is 145 cm³/mol. The van der Waals surface area contributed by atoms with Crippen molar-refractivity contribution >= 4 is 63.2 Å². The maximum atomic E-state index is 12.6. The average molecular weight is 562 g/mol. The van der Waals surface area contributed by atoms with Crippen molar-refractivity contribution in [3.63, 3.8) is 0 Å². The Balaban J connectivity index is 1.34. The lowest BCUT2D eigenvalue weighted by molar-refractivity contribution is -0.113. The van der Waals surface area contributed by atoms with Crippen LogP contribution in [0, 0.1) is 6.92 Å². The first kappa shape index (κ1) is 26.2. The van der Waals surface area contributed by atoms with E-state index in [9.17, 15) is 9.59 Å². The number of nitrogens with one attached hydrogen (secondary N) is 2. The maximum Gasteiger partial charge on any atom is 0.251 e. The fourth-order valence-corrected chi connectivity index (χ4v) is 5.34. The van der Waals surface area contributed by atoms with Crippen molar-refractivity contribution in [3.05, 3.63) is 74.8 Å². The van der Waals surface area contributed by atoms with Crippen LogP contribution in [0.15, 0.2) is 53.7 Å². The summed E-state index contributed by atoms with van der Waals surface area (Å²) >= 11 is 14.6. The summed E-state index contributed by atoms with van der Waals surface area (Å²) in [6.07, 6.45) is 0. The normalized spacial score (nSPS) is 10.9. The number of halogens is 2. The zero-order chi connectivity index (χ0) is 25.7. The van der Waals surface area contributed by atoms with Gasteiger partial charge in [0.05, 0.1) is 28.0 Å². The van der Waals surface area contributed by atoms with E-state index in [-0.39, 0.29) is 24.1 Å². The summed E-state index contributed by atoms with van der Waals surface area (Å²) in [7, 11) is 0. The minimum atomic E-state index is -0.304. The van der Waals surface area contributed by atoms with Gasteiger partial charge in [-0.15, -0.1) is 21.5 Å². The van der Waals surface area contributed by atoms with Crippen LogP contribution in [0.25, 0.3) is 11.3 Å². The summed E-state index contributed by atoms with van der Waals surface area (Å²) in [6, 6.07) is 14.5. The molecule has 4 aromatic rings. The van der Waals surface area contributed by atoms with Crippen LogP contribution >= 0.6 is 46.3 Å². The Hall–Kier alpha value is -2.92. The van der Waals surface area contributed by atoms with Gasteiger partial charge in [0.25, 0.3) is 5.91 Å². The Morgan fingerprint density at radius 3 is 2.58 bits per heavy atom. The number of hydrogen-bond acceptors (Lipinski definition) is 7.